The zero-order valence-electron chi connectivity index (χ0n) is 10.8. The fourth-order valence-electron chi connectivity index (χ4n) is 1.54. The minimum atomic E-state index is -3.89. The molecule has 2 N–H and O–H groups in total. The van der Waals surface area contributed by atoms with Crippen LogP contribution in [0.5, 0.6) is 0 Å². The first-order valence-electron chi connectivity index (χ1n) is 5.98. The summed E-state index contributed by atoms with van der Waals surface area (Å²) in [5, 5.41) is 9.43. The van der Waals surface area contributed by atoms with Crippen molar-refractivity contribution in [3.8, 4) is 0 Å². The van der Waals surface area contributed by atoms with Crippen molar-refractivity contribution in [1.29, 1.82) is 0 Å². The first-order valence-corrected chi connectivity index (χ1v) is 8.63. The van der Waals surface area contributed by atoms with Gasteiger partial charge in [0.15, 0.2) is 0 Å². The van der Waals surface area contributed by atoms with E-state index in [4.69, 9.17) is 16.7 Å². The summed E-state index contributed by atoms with van der Waals surface area (Å²) in [7, 11) is -3.89. The Bertz CT molecular complexity index is 591. The predicted molar refractivity (Wildman–Crippen MR) is 80.4 cm³/mol. The van der Waals surface area contributed by atoms with E-state index < -0.39 is 22.0 Å². The molecule has 0 aliphatic heterocycles. The lowest BCUT2D eigenvalue weighted by molar-refractivity contribution is -0.139. The molecule has 0 radical (unpaired) electrons. The molecule has 1 aromatic carbocycles. The predicted octanol–water partition coefficient (Wildman–Crippen LogP) is 3.02. The Balaban J connectivity index is 2.97. The molecule has 5 nitrogen and oxygen atoms in total. The highest BCUT2D eigenvalue weighted by Crippen LogP contribution is 2.25. The number of aliphatic carboxylic acids is 1. The summed E-state index contributed by atoms with van der Waals surface area (Å²) in [5.74, 6) is -1.19. The van der Waals surface area contributed by atoms with E-state index in [1.54, 1.807) is 0 Å². The van der Waals surface area contributed by atoms with Gasteiger partial charge in [0.25, 0.3) is 0 Å². The molecule has 0 amide bonds. The molecule has 1 rings (SSSR count). The minimum Gasteiger partial charge on any atom is -0.480 e. The summed E-state index contributed by atoms with van der Waals surface area (Å²) in [6.45, 7) is 1.91. The van der Waals surface area contributed by atoms with Gasteiger partial charge in [0.05, 0.1) is 9.92 Å². The SMILES string of the molecule is CCCC[C@H](NS(=O)(=O)c1ccc(Cl)c(Br)c1)C(=O)O. The second-order valence-corrected chi connectivity index (χ2v) is 7.21. The van der Waals surface area contributed by atoms with E-state index in [-0.39, 0.29) is 11.3 Å². The summed E-state index contributed by atoms with van der Waals surface area (Å²) in [6.07, 6.45) is 1.67. The molecule has 112 valence electrons. The molecular formula is C12H15BrClNO4S. The van der Waals surface area contributed by atoms with Crippen LogP contribution in [0.1, 0.15) is 26.2 Å². The lowest BCUT2D eigenvalue weighted by Gasteiger charge is -2.14. The number of carbonyl (C=O) groups is 1. The molecule has 0 spiro atoms. The van der Waals surface area contributed by atoms with Crippen LogP contribution in [-0.4, -0.2) is 25.5 Å². The van der Waals surface area contributed by atoms with Crippen molar-refractivity contribution in [2.75, 3.05) is 0 Å². The van der Waals surface area contributed by atoms with Gasteiger partial charge in [0, 0.05) is 4.47 Å². The van der Waals surface area contributed by atoms with Crippen molar-refractivity contribution in [2.45, 2.75) is 37.1 Å². The lowest BCUT2D eigenvalue weighted by Crippen LogP contribution is -2.40. The number of nitrogens with one attached hydrogen (secondary N) is 1. The molecule has 0 aliphatic rings. The third-order valence-electron chi connectivity index (χ3n) is 2.64. The average molecular weight is 385 g/mol. The molecule has 0 fully saturated rings. The molecule has 0 aromatic heterocycles. The van der Waals surface area contributed by atoms with Gasteiger partial charge in [-0.15, -0.1) is 0 Å². The third-order valence-corrected chi connectivity index (χ3v) is 5.33. The van der Waals surface area contributed by atoms with Gasteiger partial charge in [-0.1, -0.05) is 31.4 Å². The van der Waals surface area contributed by atoms with Crippen molar-refractivity contribution in [3.63, 3.8) is 0 Å². The van der Waals surface area contributed by atoms with Crippen LogP contribution in [0.15, 0.2) is 27.6 Å². The first-order chi connectivity index (χ1) is 9.27. The number of benzene rings is 1. The van der Waals surface area contributed by atoms with Crippen LogP contribution in [0.4, 0.5) is 0 Å². The number of carboxylic acids is 1. The third kappa shape index (κ3) is 4.73. The summed E-state index contributed by atoms with van der Waals surface area (Å²) < 4.78 is 26.9. The summed E-state index contributed by atoms with van der Waals surface area (Å²) in [4.78, 5) is 11.0. The van der Waals surface area contributed by atoms with Crippen molar-refractivity contribution in [3.05, 3.63) is 27.7 Å². The van der Waals surface area contributed by atoms with E-state index in [1.165, 1.54) is 18.2 Å². The number of halogens is 2. The Morgan fingerprint density at radius 3 is 2.65 bits per heavy atom. The number of hydrogen-bond donors (Lipinski definition) is 2. The highest BCUT2D eigenvalue weighted by Gasteiger charge is 2.25. The van der Waals surface area contributed by atoms with Gasteiger partial charge < -0.3 is 5.11 Å². The van der Waals surface area contributed by atoms with E-state index >= 15 is 0 Å². The van der Waals surface area contributed by atoms with Gasteiger partial charge in [-0.05, 0) is 40.5 Å². The lowest BCUT2D eigenvalue weighted by atomic mass is 10.1. The fourth-order valence-corrected chi connectivity index (χ4v) is 3.44. The molecule has 0 saturated heterocycles. The van der Waals surface area contributed by atoms with E-state index in [0.717, 1.165) is 6.42 Å². The Morgan fingerprint density at radius 2 is 2.15 bits per heavy atom. The van der Waals surface area contributed by atoms with Crippen molar-refractivity contribution in [2.24, 2.45) is 0 Å². The highest BCUT2D eigenvalue weighted by atomic mass is 79.9. The molecule has 0 saturated carbocycles. The van der Waals surface area contributed by atoms with Gasteiger partial charge in [0.1, 0.15) is 6.04 Å². The van der Waals surface area contributed by atoms with Crippen molar-refractivity contribution >= 4 is 43.5 Å². The maximum atomic E-state index is 12.1. The van der Waals surface area contributed by atoms with Crippen molar-refractivity contribution < 1.29 is 18.3 Å². The van der Waals surface area contributed by atoms with Gasteiger partial charge in [0.2, 0.25) is 10.0 Å². The van der Waals surface area contributed by atoms with Crippen LogP contribution in [0.25, 0.3) is 0 Å². The Labute approximate surface area is 131 Å². The Hall–Kier alpha value is -0.630. The molecule has 0 bridgehead atoms. The molecule has 1 aromatic rings. The van der Waals surface area contributed by atoms with E-state index in [1.807, 2.05) is 6.92 Å². The number of carboxylic acid groups (broad SMARTS) is 1. The van der Waals surface area contributed by atoms with Crippen LogP contribution in [0.3, 0.4) is 0 Å². The second kappa shape index (κ2) is 7.40. The normalized spacial score (nSPS) is 13.2. The minimum absolute atomic E-state index is 0.0310. The van der Waals surface area contributed by atoms with Crippen molar-refractivity contribution in [1.82, 2.24) is 4.72 Å². The molecule has 0 unspecified atom stereocenters. The van der Waals surface area contributed by atoms with E-state index in [9.17, 15) is 13.2 Å². The van der Waals surface area contributed by atoms with Gasteiger partial charge in [-0.25, -0.2) is 8.42 Å². The summed E-state index contributed by atoms with van der Waals surface area (Å²) in [5.41, 5.74) is 0. The summed E-state index contributed by atoms with van der Waals surface area (Å²) in [6, 6.07) is 2.97. The number of hydrogen-bond acceptors (Lipinski definition) is 3. The Morgan fingerprint density at radius 1 is 1.50 bits per heavy atom. The molecule has 0 aliphatic carbocycles. The number of unbranched alkanes of at least 4 members (excludes halogenated alkanes) is 1. The maximum absolute atomic E-state index is 12.1. The largest absolute Gasteiger partial charge is 0.480 e. The number of rotatable bonds is 7. The standard InChI is InChI=1S/C12H15BrClNO4S/c1-2-3-4-11(12(16)17)15-20(18,19)8-5-6-10(14)9(13)7-8/h5-7,11,15H,2-4H2,1H3,(H,16,17)/t11-/m0/s1. The van der Waals surface area contributed by atoms with Gasteiger partial charge >= 0.3 is 5.97 Å². The average Bonchev–Trinajstić information content (AvgIpc) is 2.37. The van der Waals surface area contributed by atoms with E-state index in [0.29, 0.717) is 15.9 Å². The van der Waals surface area contributed by atoms with Crippen LogP contribution in [0, 0.1) is 0 Å². The van der Waals surface area contributed by atoms with Crippen LogP contribution >= 0.6 is 27.5 Å². The topological polar surface area (TPSA) is 83.5 Å². The summed E-state index contributed by atoms with van der Waals surface area (Å²) >= 11 is 8.93. The highest BCUT2D eigenvalue weighted by molar-refractivity contribution is 9.10. The van der Waals surface area contributed by atoms with Gasteiger partial charge in [-0.2, -0.15) is 4.72 Å². The van der Waals surface area contributed by atoms with Crippen LogP contribution < -0.4 is 4.72 Å². The molecule has 0 heterocycles. The van der Waals surface area contributed by atoms with Crippen LogP contribution in [-0.2, 0) is 14.8 Å². The molecular weight excluding hydrogens is 370 g/mol. The maximum Gasteiger partial charge on any atom is 0.321 e. The zero-order valence-corrected chi connectivity index (χ0v) is 13.9. The second-order valence-electron chi connectivity index (χ2n) is 4.23. The number of sulfonamides is 1. The quantitative estimate of drug-likeness (QED) is 0.757. The monoisotopic (exact) mass is 383 g/mol. The Kier molecular flexibility index (Phi) is 6.44. The van der Waals surface area contributed by atoms with Crippen LogP contribution in [0.2, 0.25) is 5.02 Å². The zero-order chi connectivity index (χ0) is 15.3. The van der Waals surface area contributed by atoms with E-state index in [2.05, 4.69) is 20.7 Å². The smallest absolute Gasteiger partial charge is 0.321 e. The molecule has 20 heavy (non-hydrogen) atoms. The molecule has 8 heteroatoms. The fraction of sp³-hybridized carbons (Fsp3) is 0.417. The molecule has 1 atom stereocenters. The first kappa shape index (κ1) is 17.4. The van der Waals surface area contributed by atoms with Gasteiger partial charge in [-0.3, -0.25) is 4.79 Å².